The molecule has 0 spiro atoms. The number of hydrogen-bond acceptors (Lipinski definition) is 3. The van der Waals surface area contributed by atoms with Gasteiger partial charge in [-0.1, -0.05) is 6.92 Å². The second-order valence-corrected chi connectivity index (χ2v) is 3.68. The van der Waals surface area contributed by atoms with E-state index in [1.54, 1.807) is 6.20 Å². The van der Waals surface area contributed by atoms with Crippen LogP contribution in [0.4, 0.5) is 0 Å². The average Bonchev–Trinajstić information content (AvgIpc) is 2.55. The normalized spacial score (nSPS) is 11.1. The number of aliphatic hydroxyl groups is 1. The highest BCUT2D eigenvalue weighted by molar-refractivity contribution is 7.71. The molecule has 5 heteroatoms. The van der Waals surface area contributed by atoms with Crippen molar-refractivity contribution in [1.82, 2.24) is 14.5 Å². The van der Waals surface area contributed by atoms with Crippen molar-refractivity contribution in [1.29, 1.82) is 0 Å². The van der Waals surface area contributed by atoms with Gasteiger partial charge in [-0.15, -0.1) is 0 Å². The van der Waals surface area contributed by atoms with Crippen LogP contribution < -0.4 is 0 Å². The zero-order valence-electron chi connectivity index (χ0n) is 8.66. The minimum Gasteiger partial charge on any atom is -0.390 e. The molecule has 0 saturated carbocycles. The highest BCUT2D eigenvalue weighted by Crippen LogP contribution is 2.01. The molecule has 0 saturated heterocycles. The largest absolute Gasteiger partial charge is 0.390 e. The van der Waals surface area contributed by atoms with Crippen molar-refractivity contribution in [3.63, 3.8) is 0 Å². The number of nitrogens with zero attached hydrogens (tertiary/aromatic N) is 2. The molecule has 4 nitrogen and oxygen atoms in total. The van der Waals surface area contributed by atoms with Crippen LogP contribution in [0.3, 0.4) is 0 Å². The van der Waals surface area contributed by atoms with Crippen molar-refractivity contribution in [3.8, 4) is 0 Å². The SMILES string of the molecule is CCN(C)CCn1c(CO)c[nH]c1=S. The van der Waals surface area contributed by atoms with Crippen LogP contribution in [0.2, 0.25) is 0 Å². The van der Waals surface area contributed by atoms with Gasteiger partial charge in [-0.25, -0.2) is 0 Å². The molecule has 0 unspecified atom stereocenters. The highest BCUT2D eigenvalue weighted by atomic mass is 32.1. The summed E-state index contributed by atoms with van der Waals surface area (Å²) in [6.07, 6.45) is 1.76. The number of hydrogen-bond donors (Lipinski definition) is 2. The van der Waals surface area contributed by atoms with Crippen LogP contribution in [-0.4, -0.2) is 39.7 Å². The van der Waals surface area contributed by atoms with Gasteiger partial charge in [0, 0.05) is 19.3 Å². The minimum absolute atomic E-state index is 0.0307. The third-order valence-corrected chi connectivity index (χ3v) is 2.70. The quantitative estimate of drug-likeness (QED) is 0.720. The van der Waals surface area contributed by atoms with E-state index in [1.165, 1.54) is 0 Å². The first-order valence-corrected chi connectivity index (χ1v) is 5.16. The number of aromatic nitrogens is 2. The first kappa shape index (κ1) is 11.4. The Kier molecular flexibility index (Phi) is 4.31. The van der Waals surface area contributed by atoms with Gasteiger partial charge < -0.3 is 19.6 Å². The lowest BCUT2D eigenvalue weighted by atomic mass is 10.4. The lowest BCUT2D eigenvalue weighted by molar-refractivity contribution is 0.265. The van der Waals surface area contributed by atoms with Crippen LogP contribution in [0.5, 0.6) is 0 Å². The summed E-state index contributed by atoms with van der Waals surface area (Å²) in [5, 5.41) is 9.05. The van der Waals surface area contributed by atoms with E-state index in [0.717, 1.165) is 25.3 Å². The van der Waals surface area contributed by atoms with Gasteiger partial charge in [-0.05, 0) is 25.8 Å². The van der Waals surface area contributed by atoms with E-state index in [4.69, 9.17) is 17.3 Å². The summed E-state index contributed by atoms with van der Waals surface area (Å²) in [7, 11) is 2.06. The van der Waals surface area contributed by atoms with Crippen molar-refractivity contribution in [3.05, 3.63) is 16.7 Å². The molecule has 1 aromatic rings. The number of aromatic amines is 1. The van der Waals surface area contributed by atoms with Gasteiger partial charge in [0.25, 0.3) is 0 Å². The minimum atomic E-state index is 0.0307. The summed E-state index contributed by atoms with van der Waals surface area (Å²) in [5.74, 6) is 0. The van der Waals surface area contributed by atoms with E-state index >= 15 is 0 Å². The zero-order valence-corrected chi connectivity index (χ0v) is 9.47. The molecule has 0 aliphatic rings. The predicted octanol–water partition coefficient (Wildman–Crippen LogP) is 0.990. The number of likely N-dealkylation sites (N-methyl/N-ethyl adjacent to an activating group) is 1. The first-order valence-electron chi connectivity index (χ1n) is 4.75. The van der Waals surface area contributed by atoms with Crippen LogP contribution in [0.1, 0.15) is 12.6 Å². The average molecular weight is 215 g/mol. The van der Waals surface area contributed by atoms with E-state index in [-0.39, 0.29) is 6.61 Å². The van der Waals surface area contributed by atoms with Crippen LogP contribution in [0.15, 0.2) is 6.20 Å². The lowest BCUT2D eigenvalue weighted by Gasteiger charge is -2.14. The number of H-pyrrole nitrogens is 1. The Balaban J connectivity index is 2.65. The summed E-state index contributed by atoms with van der Waals surface area (Å²) in [6, 6.07) is 0. The van der Waals surface area contributed by atoms with Crippen LogP contribution >= 0.6 is 12.2 Å². The van der Waals surface area contributed by atoms with E-state index in [1.807, 2.05) is 4.57 Å². The molecule has 0 aliphatic carbocycles. The fourth-order valence-corrected chi connectivity index (χ4v) is 1.50. The Hall–Kier alpha value is -0.650. The maximum atomic E-state index is 9.05. The van der Waals surface area contributed by atoms with Gasteiger partial charge in [0.05, 0.1) is 12.3 Å². The molecule has 0 aliphatic heterocycles. The molecule has 1 aromatic heterocycles. The second kappa shape index (κ2) is 5.29. The van der Waals surface area contributed by atoms with Crippen molar-refractivity contribution in [2.45, 2.75) is 20.1 Å². The molecule has 0 atom stereocenters. The molecule has 0 amide bonds. The Morgan fingerprint density at radius 3 is 2.93 bits per heavy atom. The molecule has 0 bridgehead atoms. The van der Waals surface area contributed by atoms with Crippen LogP contribution in [0, 0.1) is 4.77 Å². The molecule has 1 rings (SSSR count). The number of aliphatic hydroxyl groups excluding tert-OH is 1. The summed E-state index contributed by atoms with van der Waals surface area (Å²) in [5.41, 5.74) is 0.847. The van der Waals surface area contributed by atoms with Gasteiger partial charge in [-0.2, -0.15) is 0 Å². The van der Waals surface area contributed by atoms with Crippen molar-refractivity contribution in [2.75, 3.05) is 20.1 Å². The molecular formula is C9H17N3OS. The van der Waals surface area contributed by atoms with Gasteiger partial charge in [-0.3, -0.25) is 0 Å². The Labute approximate surface area is 89.2 Å². The van der Waals surface area contributed by atoms with Gasteiger partial charge >= 0.3 is 0 Å². The summed E-state index contributed by atoms with van der Waals surface area (Å²) < 4.78 is 2.61. The molecule has 0 radical (unpaired) electrons. The predicted molar refractivity (Wildman–Crippen MR) is 58.7 cm³/mol. The molecule has 80 valence electrons. The molecule has 0 aromatic carbocycles. The number of rotatable bonds is 5. The zero-order chi connectivity index (χ0) is 10.6. The first-order chi connectivity index (χ1) is 6.69. The monoisotopic (exact) mass is 215 g/mol. The number of nitrogens with one attached hydrogen (secondary N) is 1. The van der Waals surface area contributed by atoms with E-state index < -0.39 is 0 Å². The van der Waals surface area contributed by atoms with Crippen molar-refractivity contribution < 1.29 is 5.11 Å². The van der Waals surface area contributed by atoms with Crippen LogP contribution in [0.25, 0.3) is 0 Å². The maximum absolute atomic E-state index is 9.05. The lowest BCUT2D eigenvalue weighted by Crippen LogP contribution is -2.23. The highest BCUT2D eigenvalue weighted by Gasteiger charge is 2.03. The standard InChI is InChI=1S/C9H17N3OS/c1-3-11(2)4-5-12-8(7-13)6-10-9(12)14/h6,13H,3-5,7H2,1-2H3,(H,10,14). The second-order valence-electron chi connectivity index (χ2n) is 3.29. The fraction of sp³-hybridized carbons (Fsp3) is 0.667. The summed E-state index contributed by atoms with van der Waals surface area (Å²) in [6.45, 7) is 4.93. The van der Waals surface area contributed by atoms with E-state index in [9.17, 15) is 0 Å². The smallest absolute Gasteiger partial charge is 0.177 e. The Morgan fingerprint density at radius 1 is 1.64 bits per heavy atom. The Morgan fingerprint density at radius 2 is 2.36 bits per heavy atom. The fourth-order valence-electron chi connectivity index (χ4n) is 1.24. The third-order valence-electron chi connectivity index (χ3n) is 2.36. The summed E-state index contributed by atoms with van der Waals surface area (Å²) >= 11 is 5.11. The van der Waals surface area contributed by atoms with E-state index in [0.29, 0.717) is 4.77 Å². The Bertz CT molecular complexity index is 331. The molecular weight excluding hydrogens is 198 g/mol. The molecule has 14 heavy (non-hydrogen) atoms. The summed E-state index contributed by atoms with van der Waals surface area (Å²) in [4.78, 5) is 5.13. The molecule has 1 heterocycles. The van der Waals surface area contributed by atoms with Gasteiger partial charge in [0.15, 0.2) is 4.77 Å². The van der Waals surface area contributed by atoms with Gasteiger partial charge in [0.2, 0.25) is 0 Å². The van der Waals surface area contributed by atoms with Crippen LogP contribution in [-0.2, 0) is 13.2 Å². The third kappa shape index (κ3) is 2.67. The topological polar surface area (TPSA) is 44.2 Å². The molecule has 2 N–H and O–H groups in total. The van der Waals surface area contributed by atoms with Gasteiger partial charge in [0.1, 0.15) is 0 Å². The van der Waals surface area contributed by atoms with Crippen molar-refractivity contribution in [2.24, 2.45) is 0 Å². The molecule has 0 fully saturated rings. The number of imidazole rings is 1. The van der Waals surface area contributed by atoms with Crippen molar-refractivity contribution >= 4 is 12.2 Å². The van der Waals surface area contributed by atoms with E-state index in [2.05, 4.69) is 23.9 Å². The maximum Gasteiger partial charge on any atom is 0.177 e.